The van der Waals surface area contributed by atoms with Gasteiger partial charge in [-0.25, -0.2) is 4.98 Å². The van der Waals surface area contributed by atoms with Crippen LogP contribution in [0.2, 0.25) is 0 Å². The molecule has 0 unspecified atom stereocenters. The summed E-state index contributed by atoms with van der Waals surface area (Å²) in [6, 6.07) is 20.5. The van der Waals surface area contributed by atoms with Crippen molar-refractivity contribution in [2.24, 2.45) is 0 Å². The summed E-state index contributed by atoms with van der Waals surface area (Å²) in [5, 5.41) is 0. The van der Waals surface area contributed by atoms with Crippen LogP contribution in [-0.4, -0.2) is 42.7 Å². The number of anilines is 1. The standard InChI is InChI=1S/C26H27N3O4/c1-4-22-25(28(2)26(30)19-10-8-13-21(18-19)31-3)29-15-9-14-23(24(29)27-22)33-17-16-32-20-11-6-5-7-12-20/h5-15,18H,4,16-17H2,1-3H3. The number of amides is 1. The quantitative estimate of drug-likeness (QED) is 0.351. The predicted molar refractivity (Wildman–Crippen MR) is 128 cm³/mol. The highest BCUT2D eigenvalue weighted by molar-refractivity contribution is 6.06. The van der Waals surface area contributed by atoms with Gasteiger partial charge in [0.15, 0.2) is 11.4 Å². The lowest BCUT2D eigenvalue weighted by atomic mass is 10.2. The Morgan fingerprint density at radius 3 is 2.48 bits per heavy atom. The van der Waals surface area contributed by atoms with Crippen LogP contribution in [0.15, 0.2) is 72.9 Å². The fourth-order valence-corrected chi connectivity index (χ4v) is 3.66. The van der Waals surface area contributed by atoms with E-state index in [4.69, 9.17) is 19.2 Å². The zero-order chi connectivity index (χ0) is 23.2. The number of pyridine rings is 1. The number of hydrogen-bond donors (Lipinski definition) is 0. The number of benzene rings is 2. The first kappa shape index (κ1) is 22.2. The first-order valence-corrected chi connectivity index (χ1v) is 10.8. The minimum atomic E-state index is -0.145. The van der Waals surface area contributed by atoms with Gasteiger partial charge in [0.25, 0.3) is 5.91 Å². The molecular formula is C26H27N3O4. The van der Waals surface area contributed by atoms with Crippen LogP contribution in [-0.2, 0) is 6.42 Å². The van der Waals surface area contributed by atoms with Crippen LogP contribution in [0.4, 0.5) is 5.82 Å². The average molecular weight is 446 g/mol. The molecule has 1 amide bonds. The Morgan fingerprint density at radius 1 is 0.970 bits per heavy atom. The lowest BCUT2D eigenvalue weighted by Crippen LogP contribution is -2.28. The monoisotopic (exact) mass is 445 g/mol. The summed E-state index contributed by atoms with van der Waals surface area (Å²) in [5.41, 5.74) is 2.01. The fourth-order valence-electron chi connectivity index (χ4n) is 3.66. The second kappa shape index (κ2) is 10.1. The van der Waals surface area contributed by atoms with Crippen molar-refractivity contribution in [3.05, 3.63) is 84.2 Å². The zero-order valence-electron chi connectivity index (χ0n) is 19.0. The Bertz CT molecular complexity index is 1240. The highest BCUT2D eigenvalue weighted by Gasteiger charge is 2.23. The second-order valence-corrected chi connectivity index (χ2v) is 7.41. The van der Waals surface area contributed by atoms with Crippen LogP contribution < -0.4 is 19.1 Å². The van der Waals surface area contributed by atoms with Crippen molar-refractivity contribution in [2.45, 2.75) is 13.3 Å². The van der Waals surface area contributed by atoms with E-state index in [0.717, 1.165) is 11.4 Å². The molecule has 4 rings (SSSR count). The smallest absolute Gasteiger partial charge is 0.259 e. The predicted octanol–water partition coefficient (Wildman–Crippen LogP) is 4.64. The molecule has 0 spiro atoms. The van der Waals surface area contributed by atoms with E-state index in [1.54, 1.807) is 37.3 Å². The number of aryl methyl sites for hydroxylation is 1. The summed E-state index contributed by atoms with van der Waals surface area (Å²) in [7, 11) is 3.34. The Balaban J connectivity index is 1.56. The molecule has 2 heterocycles. The van der Waals surface area contributed by atoms with Gasteiger partial charge in [-0.1, -0.05) is 31.2 Å². The molecule has 0 aliphatic carbocycles. The molecule has 7 heteroatoms. The Kier molecular flexibility index (Phi) is 6.78. The van der Waals surface area contributed by atoms with Crippen molar-refractivity contribution < 1.29 is 19.0 Å². The molecule has 0 N–H and O–H groups in total. The average Bonchev–Trinajstić information content (AvgIpc) is 3.26. The number of hydrogen-bond acceptors (Lipinski definition) is 5. The number of rotatable bonds is 9. The van der Waals surface area contributed by atoms with Gasteiger partial charge < -0.3 is 14.2 Å². The van der Waals surface area contributed by atoms with Gasteiger partial charge >= 0.3 is 0 Å². The largest absolute Gasteiger partial charge is 0.497 e. The number of carbonyl (C=O) groups is 1. The highest BCUT2D eigenvalue weighted by atomic mass is 16.5. The van der Waals surface area contributed by atoms with Gasteiger partial charge in [-0.3, -0.25) is 14.1 Å². The number of methoxy groups -OCH3 is 1. The topological polar surface area (TPSA) is 65.3 Å². The SMILES string of the molecule is CCc1nc2c(OCCOc3ccccc3)cccn2c1N(C)C(=O)c1cccc(OC)c1. The van der Waals surface area contributed by atoms with E-state index in [9.17, 15) is 4.79 Å². The van der Waals surface area contributed by atoms with E-state index in [1.807, 2.05) is 66.1 Å². The summed E-state index contributed by atoms with van der Waals surface area (Å²) in [6.45, 7) is 2.80. The minimum absolute atomic E-state index is 0.145. The van der Waals surface area contributed by atoms with Crippen molar-refractivity contribution >= 4 is 17.4 Å². The Labute approximate surface area is 193 Å². The van der Waals surface area contributed by atoms with Crippen LogP contribution in [0, 0.1) is 0 Å². The molecule has 0 saturated heterocycles. The number of ether oxygens (including phenoxy) is 3. The van der Waals surface area contributed by atoms with Gasteiger partial charge in [0.2, 0.25) is 0 Å². The van der Waals surface area contributed by atoms with E-state index in [1.165, 1.54) is 0 Å². The molecule has 7 nitrogen and oxygen atoms in total. The van der Waals surface area contributed by atoms with Gasteiger partial charge in [-0.2, -0.15) is 0 Å². The first-order valence-electron chi connectivity index (χ1n) is 10.8. The zero-order valence-corrected chi connectivity index (χ0v) is 19.0. The maximum Gasteiger partial charge on any atom is 0.259 e. The summed E-state index contributed by atoms with van der Waals surface area (Å²) in [5.74, 6) is 2.64. The van der Waals surface area contributed by atoms with Crippen LogP contribution >= 0.6 is 0 Å². The van der Waals surface area contributed by atoms with Gasteiger partial charge in [0.1, 0.15) is 30.5 Å². The molecule has 0 fully saturated rings. The van der Waals surface area contributed by atoms with E-state index < -0.39 is 0 Å². The maximum absolute atomic E-state index is 13.2. The van der Waals surface area contributed by atoms with Crippen molar-refractivity contribution in [3.8, 4) is 17.2 Å². The Hall–Kier alpha value is -4.00. The summed E-state index contributed by atoms with van der Waals surface area (Å²) < 4.78 is 18.9. The number of carbonyl (C=O) groups excluding carboxylic acids is 1. The van der Waals surface area contributed by atoms with Gasteiger partial charge in [0, 0.05) is 18.8 Å². The number of aromatic nitrogens is 2. The normalized spacial score (nSPS) is 10.8. The third-order valence-electron chi connectivity index (χ3n) is 5.29. The molecule has 2 aromatic carbocycles. The van der Waals surface area contributed by atoms with E-state index >= 15 is 0 Å². The van der Waals surface area contributed by atoms with Crippen molar-refractivity contribution in [1.29, 1.82) is 0 Å². The molecule has 0 aliphatic heterocycles. The molecule has 0 saturated carbocycles. The second-order valence-electron chi connectivity index (χ2n) is 7.41. The molecule has 4 aromatic rings. The third kappa shape index (κ3) is 4.77. The van der Waals surface area contributed by atoms with Gasteiger partial charge in [-0.15, -0.1) is 0 Å². The van der Waals surface area contributed by atoms with Gasteiger partial charge in [0.05, 0.1) is 12.8 Å². The maximum atomic E-state index is 13.2. The van der Waals surface area contributed by atoms with E-state index in [0.29, 0.717) is 48.2 Å². The van der Waals surface area contributed by atoms with Crippen LogP contribution in [0.3, 0.4) is 0 Å². The highest BCUT2D eigenvalue weighted by Crippen LogP contribution is 2.29. The van der Waals surface area contributed by atoms with Crippen molar-refractivity contribution in [2.75, 3.05) is 32.3 Å². The lowest BCUT2D eigenvalue weighted by Gasteiger charge is -2.19. The van der Waals surface area contributed by atoms with E-state index in [-0.39, 0.29) is 5.91 Å². The van der Waals surface area contributed by atoms with Crippen LogP contribution in [0.1, 0.15) is 23.0 Å². The molecule has 170 valence electrons. The number of nitrogens with zero attached hydrogens (tertiary/aromatic N) is 3. The summed E-state index contributed by atoms with van der Waals surface area (Å²) >= 11 is 0. The number of para-hydroxylation sites is 1. The van der Waals surface area contributed by atoms with Gasteiger partial charge in [-0.05, 0) is 48.9 Å². The Morgan fingerprint density at radius 2 is 1.73 bits per heavy atom. The molecule has 0 atom stereocenters. The molecule has 0 radical (unpaired) electrons. The summed E-state index contributed by atoms with van der Waals surface area (Å²) in [4.78, 5) is 19.6. The van der Waals surface area contributed by atoms with Crippen molar-refractivity contribution in [1.82, 2.24) is 9.38 Å². The van der Waals surface area contributed by atoms with Crippen LogP contribution in [0.5, 0.6) is 17.2 Å². The van der Waals surface area contributed by atoms with Crippen LogP contribution in [0.25, 0.3) is 5.65 Å². The number of imidazole rings is 1. The summed E-state index contributed by atoms with van der Waals surface area (Å²) in [6.07, 6.45) is 2.56. The molecule has 2 aromatic heterocycles. The molecular weight excluding hydrogens is 418 g/mol. The minimum Gasteiger partial charge on any atom is -0.497 e. The van der Waals surface area contributed by atoms with E-state index in [2.05, 4.69) is 0 Å². The lowest BCUT2D eigenvalue weighted by molar-refractivity contribution is 0.0991. The third-order valence-corrected chi connectivity index (χ3v) is 5.29. The molecule has 33 heavy (non-hydrogen) atoms. The van der Waals surface area contributed by atoms with Crippen molar-refractivity contribution in [3.63, 3.8) is 0 Å². The number of fused-ring (bicyclic) bond motifs is 1. The molecule has 0 aliphatic rings. The fraction of sp³-hybridized carbons (Fsp3) is 0.231. The first-order chi connectivity index (χ1) is 16.1. The molecule has 0 bridgehead atoms.